The van der Waals surface area contributed by atoms with Crippen molar-refractivity contribution in [3.05, 3.63) is 48.7 Å². The Kier molecular flexibility index (Phi) is 6.01. The van der Waals surface area contributed by atoms with E-state index in [1.165, 1.54) is 0 Å². The van der Waals surface area contributed by atoms with Gasteiger partial charge in [-0.15, -0.1) is 6.58 Å². The molecular formula is C18H23N3O3. The molecule has 6 nitrogen and oxygen atoms in total. The van der Waals surface area contributed by atoms with Crippen molar-refractivity contribution >= 4 is 22.9 Å². The maximum absolute atomic E-state index is 12.8. The van der Waals surface area contributed by atoms with Crippen molar-refractivity contribution in [3.8, 4) is 0 Å². The van der Waals surface area contributed by atoms with Crippen molar-refractivity contribution in [1.29, 1.82) is 0 Å². The number of likely N-dealkylation sites (N-methyl/N-ethyl adjacent to an activating group) is 1. The smallest absolute Gasteiger partial charge is 0.404 e. The number of unbranched alkanes of at least 4 members (excludes halogenated alkanes) is 1. The molecule has 3 N–H and O–H groups in total. The lowest BCUT2D eigenvalue weighted by atomic mass is 9.96. The van der Waals surface area contributed by atoms with Gasteiger partial charge >= 0.3 is 6.09 Å². The second-order valence-corrected chi connectivity index (χ2v) is 5.72. The normalized spacial score (nSPS) is 11.9. The predicted molar refractivity (Wildman–Crippen MR) is 94.1 cm³/mol. The summed E-state index contributed by atoms with van der Waals surface area (Å²) in [5, 5.41) is 12.2. The monoisotopic (exact) mass is 329 g/mol. The fourth-order valence-corrected chi connectivity index (χ4v) is 2.75. The molecule has 1 heterocycles. The highest BCUT2D eigenvalue weighted by atomic mass is 16.4. The van der Waals surface area contributed by atoms with E-state index < -0.39 is 12.0 Å². The number of aromatic nitrogens is 1. The number of hydrogen-bond donors (Lipinski definition) is 3. The highest BCUT2D eigenvalue weighted by Crippen LogP contribution is 2.26. The standard InChI is InChI=1S/C18H23N3O3/c1-3-4-7-10-21(2)17(22)15(12-20-18(23)24)14-11-19-16-9-6-5-8-13(14)16/h3,5-6,8-9,11,15,19-20H,1,4,7,10,12H2,2H3,(H,23,24)/t15-/m0/s1. The van der Waals surface area contributed by atoms with Crippen molar-refractivity contribution in [3.63, 3.8) is 0 Å². The molecule has 0 saturated heterocycles. The molecule has 0 aliphatic rings. The van der Waals surface area contributed by atoms with Crippen LogP contribution in [-0.4, -0.2) is 47.1 Å². The number of fused-ring (bicyclic) bond motifs is 1. The van der Waals surface area contributed by atoms with Crippen LogP contribution >= 0.6 is 0 Å². The number of nitrogens with zero attached hydrogens (tertiary/aromatic N) is 1. The Balaban J connectivity index is 2.25. The van der Waals surface area contributed by atoms with E-state index in [9.17, 15) is 9.59 Å². The molecular weight excluding hydrogens is 306 g/mol. The third kappa shape index (κ3) is 4.16. The van der Waals surface area contributed by atoms with Gasteiger partial charge in [0.25, 0.3) is 0 Å². The van der Waals surface area contributed by atoms with Gasteiger partial charge in [0.15, 0.2) is 0 Å². The average Bonchev–Trinajstić information content (AvgIpc) is 2.99. The zero-order valence-corrected chi connectivity index (χ0v) is 13.8. The molecule has 2 rings (SSSR count). The molecule has 0 aliphatic carbocycles. The number of carbonyl (C=O) groups is 2. The van der Waals surface area contributed by atoms with Gasteiger partial charge in [0.1, 0.15) is 0 Å². The number of carboxylic acid groups (broad SMARTS) is 1. The lowest BCUT2D eigenvalue weighted by molar-refractivity contribution is -0.131. The van der Waals surface area contributed by atoms with Crippen molar-refractivity contribution in [1.82, 2.24) is 15.2 Å². The van der Waals surface area contributed by atoms with Gasteiger partial charge in [-0.1, -0.05) is 24.3 Å². The summed E-state index contributed by atoms with van der Waals surface area (Å²) in [5.74, 6) is -0.663. The van der Waals surface area contributed by atoms with Crippen LogP contribution in [0.3, 0.4) is 0 Å². The summed E-state index contributed by atoms with van der Waals surface area (Å²) in [5.41, 5.74) is 1.73. The number of rotatable bonds is 8. The first-order chi connectivity index (χ1) is 11.5. The molecule has 0 aliphatic heterocycles. The number of H-pyrrole nitrogens is 1. The van der Waals surface area contributed by atoms with E-state index in [-0.39, 0.29) is 12.5 Å². The minimum Gasteiger partial charge on any atom is -0.465 e. The molecule has 1 aromatic carbocycles. The van der Waals surface area contributed by atoms with Gasteiger partial charge in [0.05, 0.1) is 5.92 Å². The van der Waals surface area contributed by atoms with E-state index >= 15 is 0 Å². The third-order valence-electron chi connectivity index (χ3n) is 4.03. The summed E-state index contributed by atoms with van der Waals surface area (Å²) in [6, 6.07) is 7.68. The fourth-order valence-electron chi connectivity index (χ4n) is 2.75. The number of benzene rings is 1. The molecule has 0 saturated carbocycles. The van der Waals surface area contributed by atoms with Crippen molar-refractivity contribution in [2.24, 2.45) is 0 Å². The van der Waals surface area contributed by atoms with Crippen LogP contribution in [0.15, 0.2) is 43.1 Å². The van der Waals surface area contributed by atoms with Gasteiger partial charge in [-0.2, -0.15) is 0 Å². The second-order valence-electron chi connectivity index (χ2n) is 5.72. The number of aromatic amines is 1. The topological polar surface area (TPSA) is 85.4 Å². The van der Waals surface area contributed by atoms with E-state index in [1.54, 1.807) is 18.1 Å². The lowest BCUT2D eigenvalue weighted by Crippen LogP contribution is -2.38. The summed E-state index contributed by atoms with van der Waals surface area (Å²) in [6.07, 6.45) is 4.14. The number of nitrogens with one attached hydrogen (secondary N) is 2. The Morgan fingerprint density at radius 1 is 1.42 bits per heavy atom. The minimum atomic E-state index is -1.14. The summed E-state index contributed by atoms with van der Waals surface area (Å²) < 4.78 is 0. The summed E-state index contributed by atoms with van der Waals surface area (Å²) in [4.78, 5) is 28.5. The van der Waals surface area contributed by atoms with Crippen LogP contribution in [0.5, 0.6) is 0 Å². The van der Waals surface area contributed by atoms with Crippen LogP contribution in [0.25, 0.3) is 10.9 Å². The van der Waals surface area contributed by atoms with E-state index in [1.807, 2.05) is 30.3 Å². The quantitative estimate of drug-likeness (QED) is 0.514. The maximum Gasteiger partial charge on any atom is 0.404 e. The van der Waals surface area contributed by atoms with Gasteiger partial charge in [0, 0.05) is 37.2 Å². The number of carbonyl (C=O) groups excluding carboxylic acids is 1. The first kappa shape index (κ1) is 17.6. The first-order valence-corrected chi connectivity index (χ1v) is 7.93. The summed E-state index contributed by atoms with van der Waals surface area (Å²) >= 11 is 0. The molecule has 0 spiro atoms. The van der Waals surface area contributed by atoms with Crippen molar-refractivity contribution < 1.29 is 14.7 Å². The van der Waals surface area contributed by atoms with Crippen LogP contribution in [0.2, 0.25) is 0 Å². The molecule has 0 fully saturated rings. The van der Waals surface area contributed by atoms with E-state index in [0.717, 1.165) is 29.3 Å². The lowest BCUT2D eigenvalue weighted by Gasteiger charge is -2.23. The van der Waals surface area contributed by atoms with Crippen LogP contribution in [0.4, 0.5) is 4.79 Å². The molecule has 0 radical (unpaired) electrons. The summed E-state index contributed by atoms with van der Waals surface area (Å²) in [6.45, 7) is 4.33. The van der Waals surface area contributed by atoms with Crippen LogP contribution in [0, 0.1) is 0 Å². The molecule has 0 bridgehead atoms. The SMILES string of the molecule is C=CCCCN(C)C(=O)[C@@H](CNC(=O)O)c1c[nH]c2ccccc12. The number of hydrogen-bond acceptors (Lipinski definition) is 2. The minimum absolute atomic E-state index is 0.0435. The van der Waals surface area contributed by atoms with Crippen LogP contribution in [-0.2, 0) is 4.79 Å². The van der Waals surface area contributed by atoms with Crippen molar-refractivity contribution in [2.75, 3.05) is 20.1 Å². The molecule has 1 aromatic heterocycles. The number of para-hydroxylation sites is 1. The number of amides is 2. The Hall–Kier alpha value is -2.76. The Labute approximate surface area is 141 Å². The van der Waals surface area contributed by atoms with Gasteiger partial charge < -0.3 is 20.3 Å². The van der Waals surface area contributed by atoms with E-state index in [2.05, 4.69) is 16.9 Å². The highest BCUT2D eigenvalue weighted by Gasteiger charge is 2.26. The van der Waals surface area contributed by atoms with Gasteiger partial charge in [-0.05, 0) is 24.5 Å². The van der Waals surface area contributed by atoms with Gasteiger partial charge in [0.2, 0.25) is 5.91 Å². The predicted octanol–water partition coefficient (Wildman–Crippen LogP) is 2.94. The zero-order chi connectivity index (χ0) is 17.5. The molecule has 6 heteroatoms. The highest BCUT2D eigenvalue weighted by molar-refractivity contribution is 5.92. The molecule has 128 valence electrons. The zero-order valence-electron chi connectivity index (χ0n) is 13.8. The fraction of sp³-hybridized carbons (Fsp3) is 0.333. The van der Waals surface area contributed by atoms with Crippen LogP contribution in [0.1, 0.15) is 24.3 Å². The molecule has 24 heavy (non-hydrogen) atoms. The molecule has 2 aromatic rings. The molecule has 1 atom stereocenters. The van der Waals surface area contributed by atoms with Gasteiger partial charge in [-0.25, -0.2) is 4.79 Å². The van der Waals surface area contributed by atoms with Gasteiger partial charge in [-0.3, -0.25) is 4.79 Å². The largest absolute Gasteiger partial charge is 0.465 e. The Bertz CT molecular complexity index is 723. The Morgan fingerprint density at radius 2 is 2.17 bits per heavy atom. The average molecular weight is 329 g/mol. The molecule has 0 unspecified atom stereocenters. The van der Waals surface area contributed by atoms with E-state index in [0.29, 0.717) is 6.54 Å². The van der Waals surface area contributed by atoms with E-state index in [4.69, 9.17) is 5.11 Å². The summed E-state index contributed by atoms with van der Waals surface area (Å²) in [7, 11) is 1.74. The maximum atomic E-state index is 12.8. The number of allylic oxidation sites excluding steroid dienone is 1. The van der Waals surface area contributed by atoms with Crippen LogP contribution < -0.4 is 5.32 Å². The molecule has 2 amide bonds. The Morgan fingerprint density at radius 3 is 2.88 bits per heavy atom. The van der Waals surface area contributed by atoms with Crippen molar-refractivity contribution in [2.45, 2.75) is 18.8 Å². The second kappa shape index (κ2) is 8.19. The third-order valence-corrected chi connectivity index (χ3v) is 4.03. The first-order valence-electron chi connectivity index (χ1n) is 7.93.